The van der Waals surface area contributed by atoms with Crippen molar-refractivity contribution in [2.24, 2.45) is 0 Å². The van der Waals surface area contributed by atoms with Crippen molar-refractivity contribution in [3.8, 4) is 0 Å². The van der Waals surface area contributed by atoms with Gasteiger partial charge in [0.1, 0.15) is 17.3 Å². The number of aryl methyl sites for hydroxylation is 1. The normalized spacial score (nSPS) is 22.9. The minimum Gasteiger partial charge on any atom is -0.353 e. The Hall–Kier alpha value is -1.70. The predicted octanol–water partition coefficient (Wildman–Crippen LogP) is 1.86. The number of hydrogen-bond donors (Lipinski definition) is 1. The smallest absolute Gasteiger partial charge is 0.270 e. The van der Waals surface area contributed by atoms with E-state index >= 15 is 0 Å². The van der Waals surface area contributed by atoms with E-state index in [2.05, 4.69) is 15.3 Å². The number of carbonyl (C=O) groups is 1. The molecule has 26 heavy (non-hydrogen) atoms. The molecule has 8 heteroatoms. The first-order valence-corrected chi connectivity index (χ1v) is 11.3. The molecule has 3 rings (SSSR count). The minimum atomic E-state index is -2.98. The Morgan fingerprint density at radius 1 is 1.23 bits per heavy atom. The Balaban J connectivity index is 1.78. The molecule has 0 aromatic carbocycles. The molecule has 1 saturated heterocycles. The lowest BCUT2D eigenvalue weighted by atomic mass is 9.95. The lowest BCUT2D eigenvalue weighted by Gasteiger charge is -2.28. The van der Waals surface area contributed by atoms with Gasteiger partial charge in [-0.1, -0.05) is 19.3 Å². The summed E-state index contributed by atoms with van der Waals surface area (Å²) in [6.07, 6.45) is 6.17. The summed E-state index contributed by atoms with van der Waals surface area (Å²) in [5.41, 5.74) is 0.359. The molecular weight excluding hydrogens is 352 g/mol. The molecule has 1 aliphatic carbocycles. The van der Waals surface area contributed by atoms with Crippen molar-refractivity contribution in [1.82, 2.24) is 15.3 Å². The van der Waals surface area contributed by atoms with Crippen LogP contribution in [0.1, 0.15) is 61.8 Å². The third-order valence-corrected chi connectivity index (χ3v) is 7.03. The van der Waals surface area contributed by atoms with E-state index in [4.69, 9.17) is 0 Å². The van der Waals surface area contributed by atoms with E-state index in [1.165, 1.54) is 6.42 Å². The molecule has 1 atom stereocenters. The van der Waals surface area contributed by atoms with Crippen LogP contribution < -0.4 is 10.2 Å². The van der Waals surface area contributed by atoms with E-state index in [0.717, 1.165) is 25.7 Å². The first-order valence-electron chi connectivity index (χ1n) is 9.51. The van der Waals surface area contributed by atoms with E-state index in [0.29, 0.717) is 30.3 Å². The third-order valence-electron chi connectivity index (χ3n) is 5.28. The molecule has 2 fully saturated rings. The summed E-state index contributed by atoms with van der Waals surface area (Å²) < 4.78 is 23.7. The van der Waals surface area contributed by atoms with Gasteiger partial charge in [-0.15, -0.1) is 0 Å². The number of aromatic nitrogens is 2. The van der Waals surface area contributed by atoms with Crippen LogP contribution in [-0.2, 0) is 9.84 Å². The van der Waals surface area contributed by atoms with Crippen molar-refractivity contribution in [3.05, 3.63) is 17.6 Å². The Kier molecular flexibility index (Phi) is 5.79. The summed E-state index contributed by atoms with van der Waals surface area (Å²) >= 11 is 0. The average molecular weight is 381 g/mol. The second kappa shape index (κ2) is 7.90. The van der Waals surface area contributed by atoms with Crippen molar-refractivity contribution >= 4 is 21.6 Å². The highest BCUT2D eigenvalue weighted by Crippen LogP contribution is 2.24. The van der Waals surface area contributed by atoms with Crippen LogP contribution in [0.3, 0.4) is 0 Å². The van der Waals surface area contributed by atoms with Gasteiger partial charge in [-0.05, 0) is 33.1 Å². The standard InChI is InChI=1S/C18H28N4O3S/c1-3-22(15-9-10-26(24,25)12-15)17-11-16(19-13(2)20-17)18(23)21-14-7-5-4-6-8-14/h11,14-15H,3-10,12H2,1-2H3,(H,21,23). The van der Waals surface area contributed by atoms with Gasteiger partial charge in [0, 0.05) is 24.7 Å². The van der Waals surface area contributed by atoms with E-state index in [1.54, 1.807) is 13.0 Å². The van der Waals surface area contributed by atoms with E-state index in [9.17, 15) is 13.2 Å². The molecule has 7 nitrogen and oxygen atoms in total. The maximum atomic E-state index is 12.6. The van der Waals surface area contributed by atoms with Gasteiger partial charge in [-0.3, -0.25) is 4.79 Å². The maximum absolute atomic E-state index is 12.6. The van der Waals surface area contributed by atoms with Gasteiger partial charge in [0.2, 0.25) is 0 Å². The molecule has 2 aliphatic rings. The van der Waals surface area contributed by atoms with Crippen LogP contribution in [0.25, 0.3) is 0 Å². The van der Waals surface area contributed by atoms with Crippen LogP contribution in [0.4, 0.5) is 5.82 Å². The van der Waals surface area contributed by atoms with Crippen molar-refractivity contribution in [1.29, 1.82) is 0 Å². The highest BCUT2D eigenvalue weighted by Gasteiger charge is 2.32. The van der Waals surface area contributed by atoms with Gasteiger partial charge >= 0.3 is 0 Å². The van der Waals surface area contributed by atoms with Crippen LogP contribution in [0.2, 0.25) is 0 Å². The SMILES string of the molecule is CCN(c1cc(C(=O)NC2CCCCC2)nc(C)n1)C1CCS(=O)(=O)C1. The molecule has 144 valence electrons. The topological polar surface area (TPSA) is 92.3 Å². The number of hydrogen-bond acceptors (Lipinski definition) is 6. The Morgan fingerprint density at radius 2 is 1.96 bits per heavy atom. The molecule has 1 aromatic rings. The molecule has 2 heterocycles. The molecule has 0 radical (unpaired) electrons. The minimum absolute atomic E-state index is 0.0893. The number of nitrogens with zero attached hydrogens (tertiary/aromatic N) is 3. The highest BCUT2D eigenvalue weighted by atomic mass is 32.2. The first kappa shape index (κ1) is 19.1. The number of anilines is 1. The quantitative estimate of drug-likeness (QED) is 0.838. The summed E-state index contributed by atoms with van der Waals surface area (Å²) in [7, 11) is -2.98. The number of nitrogens with one attached hydrogen (secondary N) is 1. The largest absolute Gasteiger partial charge is 0.353 e. The first-order chi connectivity index (χ1) is 12.4. The monoisotopic (exact) mass is 380 g/mol. The van der Waals surface area contributed by atoms with E-state index < -0.39 is 9.84 Å². The molecule has 0 spiro atoms. The summed E-state index contributed by atoms with van der Waals surface area (Å²) in [6.45, 7) is 4.38. The Morgan fingerprint density at radius 3 is 2.58 bits per heavy atom. The third kappa shape index (κ3) is 4.52. The predicted molar refractivity (Wildman–Crippen MR) is 101 cm³/mol. The fraction of sp³-hybridized carbons (Fsp3) is 0.722. The summed E-state index contributed by atoms with van der Waals surface area (Å²) in [5.74, 6) is 1.35. The van der Waals surface area contributed by atoms with Crippen molar-refractivity contribution in [3.63, 3.8) is 0 Å². The van der Waals surface area contributed by atoms with Gasteiger partial charge in [-0.2, -0.15) is 0 Å². The van der Waals surface area contributed by atoms with E-state index in [-0.39, 0.29) is 29.5 Å². The number of sulfone groups is 1. The van der Waals surface area contributed by atoms with Crippen LogP contribution >= 0.6 is 0 Å². The lowest BCUT2D eigenvalue weighted by molar-refractivity contribution is 0.0922. The number of carbonyl (C=O) groups excluding carboxylic acids is 1. The Bertz CT molecular complexity index is 760. The molecule has 1 unspecified atom stereocenters. The molecule has 1 N–H and O–H groups in total. The zero-order valence-electron chi connectivity index (χ0n) is 15.6. The zero-order valence-corrected chi connectivity index (χ0v) is 16.4. The highest BCUT2D eigenvalue weighted by molar-refractivity contribution is 7.91. The molecular formula is C18H28N4O3S. The second-order valence-corrected chi connectivity index (χ2v) is 9.54. The van der Waals surface area contributed by atoms with Gasteiger partial charge in [0.25, 0.3) is 5.91 Å². The summed E-state index contributed by atoms with van der Waals surface area (Å²) in [4.78, 5) is 23.4. The van der Waals surface area contributed by atoms with Crippen molar-refractivity contribution < 1.29 is 13.2 Å². The van der Waals surface area contributed by atoms with Crippen LogP contribution in [0.15, 0.2) is 6.07 Å². The molecule has 0 bridgehead atoms. The van der Waals surface area contributed by atoms with Gasteiger partial charge in [-0.25, -0.2) is 18.4 Å². The van der Waals surface area contributed by atoms with E-state index in [1.807, 2.05) is 11.8 Å². The van der Waals surface area contributed by atoms with Crippen molar-refractivity contribution in [2.75, 3.05) is 23.0 Å². The van der Waals surface area contributed by atoms with Crippen LogP contribution in [0, 0.1) is 6.92 Å². The molecule has 1 amide bonds. The summed E-state index contributed by atoms with van der Waals surface area (Å²) in [6, 6.07) is 1.82. The average Bonchev–Trinajstić information content (AvgIpc) is 2.95. The van der Waals surface area contributed by atoms with Gasteiger partial charge < -0.3 is 10.2 Å². The fourth-order valence-corrected chi connectivity index (χ4v) is 5.68. The molecule has 1 saturated carbocycles. The van der Waals surface area contributed by atoms with Gasteiger partial charge in [0.05, 0.1) is 11.5 Å². The van der Waals surface area contributed by atoms with Crippen molar-refractivity contribution in [2.45, 2.75) is 64.5 Å². The zero-order chi connectivity index (χ0) is 18.7. The maximum Gasteiger partial charge on any atom is 0.270 e. The molecule has 1 aromatic heterocycles. The van der Waals surface area contributed by atoms with Crippen LogP contribution in [-0.4, -0.2) is 54.4 Å². The summed E-state index contributed by atoms with van der Waals surface area (Å²) in [5, 5.41) is 3.09. The lowest BCUT2D eigenvalue weighted by Crippen LogP contribution is -2.38. The fourth-order valence-electron chi connectivity index (χ4n) is 3.95. The number of rotatable bonds is 5. The molecule has 1 aliphatic heterocycles. The van der Waals surface area contributed by atoms with Gasteiger partial charge in [0.15, 0.2) is 9.84 Å². The van der Waals surface area contributed by atoms with Crippen LogP contribution in [0.5, 0.6) is 0 Å². The second-order valence-electron chi connectivity index (χ2n) is 7.31. The Labute approximate surface area is 155 Å². The number of amides is 1.